The van der Waals surface area contributed by atoms with Gasteiger partial charge in [0.25, 0.3) is 6.47 Å². The van der Waals surface area contributed by atoms with Gasteiger partial charge in [-0.15, -0.1) is 11.8 Å². The second-order valence-corrected chi connectivity index (χ2v) is 12.0. The second kappa shape index (κ2) is 19.5. The number of methoxy groups -OCH3 is 2. The van der Waals surface area contributed by atoms with Gasteiger partial charge in [-0.05, 0) is 69.9 Å². The lowest BCUT2D eigenvalue weighted by molar-refractivity contribution is -0.136. The van der Waals surface area contributed by atoms with E-state index in [0.29, 0.717) is 23.5 Å². The van der Waals surface area contributed by atoms with Crippen LogP contribution in [0.25, 0.3) is 21.5 Å². The molecule has 0 N–H and O–H groups in total. The molecule has 238 valence electrons. The molecule has 45 heavy (non-hydrogen) atoms. The standard InChI is InChI=1S/C22H22BrNO3S.C11H10.C2H4O2.C2H6/c1-14-12-28-21(24(14)13-25)20(22(26)27-3)19(15(2)23)11-17-9-6-8-16-7-4-5-10-18(16)17;1-9-5-4-7-10-6-2-3-8-11(9)10;1-4-2-3;1-2/h4-10,13-14H,11-12H2,1-3H3;2-8H,1H3;2H,1H3;1-2H3/b19-15+,21-20-;;;. The Morgan fingerprint density at radius 2 is 1.44 bits per heavy atom. The fourth-order valence-electron chi connectivity index (χ4n) is 4.76. The maximum atomic E-state index is 12.8. The van der Waals surface area contributed by atoms with Crippen LogP contribution in [0.2, 0.25) is 0 Å². The van der Waals surface area contributed by atoms with Gasteiger partial charge in [0.15, 0.2) is 0 Å². The van der Waals surface area contributed by atoms with Crippen LogP contribution in [0.5, 0.6) is 0 Å². The van der Waals surface area contributed by atoms with Gasteiger partial charge >= 0.3 is 5.97 Å². The normalized spacial score (nSPS) is 15.2. The minimum absolute atomic E-state index is 0.0339. The number of hydrogen-bond acceptors (Lipinski definition) is 6. The molecule has 0 radical (unpaired) electrons. The Kier molecular flexibility index (Phi) is 16.2. The van der Waals surface area contributed by atoms with E-state index >= 15 is 0 Å². The third kappa shape index (κ3) is 10.1. The molecule has 1 unspecified atom stereocenters. The third-order valence-corrected chi connectivity index (χ3v) is 8.77. The van der Waals surface area contributed by atoms with Crippen LogP contribution in [0.3, 0.4) is 0 Å². The minimum Gasteiger partial charge on any atom is -0.471 e. The van der Waals surface area contributed by atoms with Crippen LogP contribution in [0.15, 0.2) is 106 Å². The number of esters is 1. The molecule has 4 aromatic carbocycles. The SMILES string of the molecule is CC.COC(=O)C(=C1\SCC(C)N1C=O)/C(Cc1cccc2ccccc12)=C(\C)Br.COC=O.Cc1cccc2ccccc12. The van der Waals surface area contributed by atoms with E-state index in [1.165, 1.54) is 42.3 Å². The summed E-state index contributed by atoms with van der Waals surface area (Å²) in [5.41, 5.74) is 3.74. The Hall–Kier alpha value is -3.88. The largest absolute Gasteiger partial charge is 0.471 e. The number of ether oxygens (including phenoxy) is 2. The summed E-state index contributed by atoms with van der Waals surface area (Å²) >= 11 is 5.10. The predicted octanol–water partition coefficient (Wildman–Crippen LogP) is 8.99. The van der Waals surface area contributed by atoms with E-state index in [1.54, 1.807) is 4.90 Å². The van der Waals surface area contributed by atoms with E-state index < -0.39 is 5.97 Å². The van der Waals surface area contributed by atoms with Gasteiger partial charge in [-0.3, -0.25) is 9.59 Å². The first-order valence-corrected chi connectivity index (χ1v) is 16.5. The molecule has 0 bridgehead atoms. The zero-order valence-corrected chi connectivity index (χ0v) is 29.4. The average molecular weight is 693 g/mol. The van der Waals surface area contributed by atoms with Crippen molar-refractivity contribution in [1.29, 1.82) is 0 Å². The van der Waals surface area contributed by atoms with E-state index in [9.17, 15) is 9.59 Å². The first kappa shape index (κ1) is 37.3. The highest BCUT2D eigenvalue weighted by molar-refractivity contribution is 9.11. The summed E-state index contributed by atoms with van der Waals surface area (Å²) < 4.78 is 9.81. The molecule has 1 aliphatic rings. The number of allylic oxidation sites excluding steroid dienone is 1. The second-order valence-electron chi connectivity index (χ2n) is 9.80. The van der Waals surface area contributed by atoms with Crippen LogP contribution in [0, 0.1) is 6.92 Å². The monoisotopic (exact) mass is 691 g/mol. The van der Waals surface area contributed by atoms with Gasteiger partial charge in [0, 0.05) is 11.8 Å². The highest BCUT2D eigenvalue weighted by atomic mass is 79.9. The molecule has 1 amide bonds. The molecule has 4 aromatic rings. The van der Waals surface area contributed by atoms with E-state index in [4.69, 9.17) is 9.53 Å². The van der Waals surface area contributed by atoms with Gasteiger partial charge in [-0.2, -0.15) is 0 Å². The Labute approximate surface area is 279 Å². The topological polar surface area (TPSA) is 72.9 Å². The molecule has 0 aromatic heterocycles. The summed E-state index contributed by atoms with van der Waals surface area (Å²) in [4.78, 5) is 35.0. The van der Waals surface area contributed by atoms with Gasteiger partial charge < -0.3 is 14.4 Å². The Bertz CT molecular complexity index is 1630. The number of benzene rings is 4. The number of carbonyl (C=O) groups is 3. The van der Waals surface area contributed by atoms with Gasteiger partial charge in [0.2, 0.25) is 6.41 Å². The molecular formula is C37H42BrNO5S. The van der Waals surface area contributed by atoms with Crippen LogP contribution in [0.1, 0.15) is 38.8 Å². The van der Waals surface area contributed by atoms with Gasteiger partial charge in [0.05, 0.1) is 24.8 Å². The number of nitrogens with zero attached hydrogens (tertiary/aromatic N) is 1. The molecule has 0 aliphatic carbocycles. The number of halogens is 1. The van der Waals surface area contributed by atoms with Crippen LogP contribution in [0.4, 0.5) is 0 Å². The first-order valence-electron chi connectivity index (χ1n) is 14.7. The molecule has 1 aliphatic heterocycles. The number of aryl methyl sites for hydroxylation is 1. The molecule has 0 saturated carbocycles. The zero-order valence-electron chi connectivity index (χ0n) is 27.0. The maximum Gasteiger partial charge on any atom is 0.340 e. The van der Waals surface area contributed by atoms with Crippen LogP contribution >= 0.6 is 27.7 Å². The number of hydrogen-bond donors (Lipinski definition) is 0. The number of carbonyl (C=O) groups excluding carboxylic acids is 3. The zero-order chi connectivity index (χ0) is 33.4. The van der Waals surface area contributed by atoms with Crippen molar-refractivity contribution >= 4 is 68.1 Å². The van der Waals surface area contributed by atoms with E-state index in [1.807, 2.05) is 45.9 Å². The average Bonchev–Trinajstić information content (AvgIpc) is 3.45. The van der Waals surface area contributed by atoms with Gasteiger partial charge in [0.1, 0.15) is 0 Å². The first-order chi connectivity index (χ1) is 21.8. The number of thioether (sulfide) groups is 1. The Morgan fingerprint density at radius 3 is 1.98 bits per heavy atom. The van der Waals surface area contributed by atoms with Crippen molar-refractivity contribution in [1.82, 2.24) is 4.90 Å². The number of fused-ring (bicyclic) bond motifs is 2. The molecule has 5 rings (SSSR count). The summed E-state index contributed by atoms with van der Waals surface area (Å²) in [5.74, 6) is 0.315. The third-order valence-electron chi connectivity index (χ3n) is 6.96. The number of rotatable bonds is 6. The van der Waals surface area contributed by atoms with Crippen molar-refractivity contribution in [2.24, 2.45) is 0 Å². The van der Waals surface area contributed by atoms with Crippen LogP contribution < -0.4 is 0 Å². The van der Waals surface area contributed by atoms with E-state index in [0.717, 1.165) is 38.6 Å². The molecule has 6 nitrogen and oxygen atoms in total. The van der Waals surface area contributed by atoms with Crippen molar-refractivity contribution in [2.75, 3.05) is 20.0 Å². The fraction of sp³-hybridized carbons (Fsp3) is 0.270. The molecule has 1 saturated heterocycles. The van der Waals surface area contributed by atoms with E-state index in [-0.39, 0.29) is 6.04 Å². The lowest BCUT2D eigenvalue weighted by atomic mass is 9.94. The fourth-order valence-corrected chi connectivity index (χ4v) is 6.38. The molecule has 1 atom stereocenters. The van der Waals surface area contributed by atoms with Crippen LogP contribution in [-0.2, 0) is 30.3 Å². The summed E-state index contributed by atoms with van der Waals surface area (Å²) in [6.45, 7) is 10.4. The Morgan fingerprint density at radius 1 is 0.911 bits per heavy atom. The maximum absolute atomic E-state index is 12.8. The molecule has 8 heteroatoms. The van der Waals surface area contributed by atoms with E-state index in [2.05, 4.69) is 94.3 Å². The van der Waals surface area contributed by atoms with Crippen molar-refractivity contribution in [3.63, 3.8) is 0 Å². The lowest BCUT2D eigenvalue weighted by Crippen LogP contribution is -2.27. The Balaban J connectivity index is 0.000000339. The van der Waals surface area contributed by atoms with Crippen molar-refractivity contribution in [3.8, 4) is 0 Å². The minimum atomic E-state index is -0.433. The van der Waals surface area contributed by atoms with Crippen LogP contribution in [-0.4, -0.2) is 49.8 Å². The number of amides is 1. The highest BCUT2D eigenvalue weighted by Crippen LogP contribution is 2.39. The predicted molar refractivity (Wildman–Crippen MR) is 191 cm³/mol. The van der Waals surface area contributed by atoms with Gasteiger partial charge in [-0.25, -0.2) is 4.79 Å². The molecule has 0 spiro atoms. The molecular weight excluding hydrogens is 650 g/mol. The van der Waals surface area contributed by atoms with Crippen molar-refractivity contribution in [3.05, 3.63) is 117 Å². The van der Waals surface area contributed by atoms with Crippen molar-refractivity contribution in [2.45, 2.75) is 47.1 Å². The quantitative estimate of drug-likeness (QED) is 0.114. The summed E-state index contributed by atoms with van der Waals surface area (Å²) in [5, 5.41) is 5.63. The molecule has 1 heterocycles. The molecule has 1 fully saturated rings. The summed E-state index contributed by atoms with van der Waals surface area (Å²) in [6, 6.07) is 29.2. The lowest BCUT2D eigenvalue weighted by Gasteiger charge is -2.21. The highest BCUT2D eigenvalue weighted by Gasteiger charge is 2.33. The van der Waals surface area contributed by atoms with Crippen molar-refractivity contribution < 1.29 is 23.9 Å². The smallest absolute Gasteiger partial charge is 0.340 e. The van der Waals surface area contributed by atoms with Gasteiger partial charge in [-0.1, -0.05) is 115 Å². The summed E-state index contributed by atoms with van der Waals surface area (Å²) in [6.07, 6.45) is 1.34. The summed E-state index contributed by atoms with van der Waals surface area (Å²) in [7, 11) is 2.68.